The van der Waals surface area contributed by atoms with Gasteiger partial charge in [0, 0.05) is 11.8 Å². The lowest BCUT2D eigenvalue weighted by Crippen LogP contribution is -2.36. The third kappa shape index (κ3) is 7.11. The minimum atomic E-state index is -0.980. The molecule has 1 fully saturated rings. The molecule has 4 rings (SSSR count). The number of rotatable bonds is 9. The van der Waals surface area contributed by atoms with Crippen molar-refractivity contribution < 1.29 is 32.7 Å². The predicted molar refractivity (Wildman–Crippen MR) is 149 cm³/mol. The van der Waals surface area contributed by atoms with Crippen LogP contribution in [0.1, 0.15) is 30.9 Å². The number of anilines is 2. The number of carbonyl (C=O) groups is 4. The summed E-state index contributed by atoms with van der Waals surface area (Å²) in [6, 6.07) is 16.7. The molecule has 1 aliphatic rings. The van der Waals surface area contributed by atoms with Crippen molar-refractivity contribution in [3.05, 3.63) is 94.4 Å². The van der Waals surface area contributed by atoms with Crippen LogP contribution in [0.25, 0.3) is 6.08 Å². The molecule has 0 radical (unpaired) electrons. The summed E-state index contributed by atoms with van der Waals surface area (Å²) in [6.07, 6.45) is 1.49. The van der Waals surface area contributed by atoms with Crippen molar-refractivity contribution >= 4 is 52.2 Å². The van der Waals surface area contributed by atoms with Crippen LogP contribution in [-0.4, -0.2) is 41.0 Å². The second-order valence-electron chi connectivity index (χ2n) is 9.09. The minimum absolute atomic E-state index is 0.0997. The van der Waals surface area contributed by atoms with E-state index >= 15 is 0 Å². The largest absolute Gasteiger partial charge is 0.484 e. The minimum Gasteiger partial charge on any atom is -0.484 e. The Morgan fingerprint density at radius 3 is 2.35 bits per heavy atom. The Balaban J connectivity index is 1.32. The maximum Gasteiger partial charge on any atom is 0.294 e. The number of imide groups is 1. The van der Waals surface area contributed by atoms with E-state index in [-0.39, 0.29) is 29.0 Å². The van der Waals surface area contributed by atoms with Crippen molar-refractivity contribution in [3.8, 4) is 5.75 Å². The van der Waals surface area contributed by atoms with Crippen molar-refractivity contribution in [1.82, 2.24) is 4.90 Å². The highest BCUT2D eigenvalue weighted by Gasteiger charge is 2.36. The highest BCUT2D eigenvalue weighted by atomic mass is 32.2. The van der Waals surface area contributed by atoms with Crippen molar-refractivity contribution in [2.75, 3.05) is 23.8 Å². The standard InChI is InChI=1S/C29H25F2N3O5S/c1-17(2)21-5-3-4-6-23(21)32-27(36)16-39-20-10-7-18(8-11-20)13-25-28(37)34(29(38)40-25)15-26(35)33-24-12-9-19(30)14-22(24)31/h3-14,17H,15-16H2,1-2H3,(H,32,36)(H,33,35)/b25-13+. The Hall–Kier alpha value is -4.51. The number of para-hydroxylation sites is 1. The molecule has 2 N–H and O–H groups in total. The van der Waals surface area contributed by atoms with Crippen LogP contribution in [0.3, 0.4) is 0 Å². The van der Waals surface area contributed by atoms with Crippen LogP contribution in [0.2, 0.25) is 0 Å². The molecule has 206 valence electrons. The zero-order valence-corrected chi connectivity index (χ0v) is 22.4. The van der Waals surface area contributed by atoms with Crippen molar-refractivity contribution in [2.45, 2.75) is 19.8 Å². The SMILES string of the molecule is CC(C)c1ccccc1NC(=O)COc1ccc(/C=C2/SC(=O)N(CC(=O)Nc3ccc(F)cc3F)C2=O)cc1. The smallest absolute Gasteiger partial charge is 0.294 e. The number of halogens is 2. The van der Waals surface area contributed by atoms with Gasteiger partial charge >= 0.3 is 0 Å². The van der Waals surface area contributed by atoms with Gasteiger partial charge in [-0.1, -0.05) is 44.2 Å². The van der Waals surface area contributed by atoms with Gasteiger partial charge in [0.05, 0.1) is 10.6 Å². The van der Waals surface area contributed by atoms with E-state index in [2.05, 4.69) is 10.6 Å². The molecule has 0 aliphatic carbocycles. The molecule has 4 amide bonds. The number of ether oxygens (including phenoxy) is 1. The van der Waals surface area contributed by atoms with E-state index in [1.165, 1.54) is 6.08 Å². The Morgan fingerprint density at radius 2 is 1.65 bits per heavy atom. The quantitative estimate of drug-likeness (QED) is 0.319. The topological polar surface area (TPSA) is 105 Å². The number of amides is 4. The van der Waals surface area contributed by atoms with Crippen LogP contribution in [0, 0.1) is 11.6 Å². The maximum atomic E-state index is 13.8. The molecule has 1 saturated heterocycles. The first-order valence-corrected chi connectivity index (χ1v) is 13.0. The molecule has 0 bridgehead atoms. The van der Waals surface area contributed by atoms with Gasteiger partial charge in [-0.2, -0.15) is 0 Å². The highest BCUT2D eigenvalue weighted by molar-refractivity contribution is 8.18. The molecular formula is C29H25F2N3O5S. The Labute approximate surface area is 233 Å². The fourth-order valence-corrected chi connectivity index (χ4v) is 4.66. The fraction of sp³-hybridized carbons (Fsp3) is 0.172. The predicted octanol–water partition coefficient (Wildman–Crippen LogP) is 5.78. The number of carbonyl (C=O) groups excluding carboxylic acids is 4. The van der Waals surface area contributed by atoms with Gasteiger partial charge in [0.15, 0.2) is 6.61 Å². The highest BCUT2D eigenvalue weighted by Crippen LogP contribution is 2.32. The molecule has 11 heteroatoms. The molecule has 0 unspecified atom stereocenters. The molecule has 8 nitrogen and oxygen atoms in total. The average Bonchev–Trinajstić information content (AvgIpc) is 3.17. The second-order valence-corrected chi connectivity index (χ2v) is 10.1. The summed E-state index contributed by atoms with van der Waals surface area (Å²) < 4.78 is 32.4. The lowest BCUT2D eigenvalue weighted by Gasteiger charge is -2.14. The first kappa shape index (κ1) is 28.5. The van der Waals surface area contributed by atoms with Crippen molar-refractivity contribution in [3.63, 3.8) is 0 Å². The van der Waals surface area contributed by atoms with Crippen LogP contribution < -0.4 is 15.4 Å². The van der Waals surface area contributed by atoms with E-state index in [1.54, 1.807) is 24.3 Å². The van der Waals surface area contributed by atoms with Crippen molar-refractivity contribution in [2.24, 2.45) is 0 Å². The second kappa shape index (κ2) is 12.6. The summed E-state index contributed by atoms with van der Waals surface area (Å²) in [7, 11) is 0. The van der Waals surface area contributed by atoms with Gasteiger partial charge in [-0.05, 0) is 65.2 Å². The van der Waals surface area contributed by atoms with Gasteiger partial charge in [-0.3, -0.25) is 24.1 Å². The summed E-state index contributed by atoms with van der Waals surface area (Å²) in [4.78, 5) is 50.6. The van der Waals surface area contributed by atoms with Crippen LogP contribution in [0.15, 0.2) is 71.6 Å². The maximum absolute atomic E-state index is 13.8. The van der Waals surface area contributed by atoms with Crippen LogP contribution in [0.4, 0.5) is 25.0 Å². The molecule has 0 spiro atoms. The summed E-state index contributed by atoms with van der Waals surface area (Å²) in [5.74, 6) is -2.91. The number of benzene rings is 3. The molecule has 3 aromatic rings. The molecule has 1 aliphatic heterocycles. The van der Waals surface area contributed by atoms with Gasteiger partial charge in [0.1, 0.15) is 23.9 Å². The van der Waals surface area contributed by atoms with Crippen LogP contribution in [0.5, 0.6) is 5.75 Å². The molecule has 1 heterocycles. The molecular weight excluding hydrogens is 540 g/mol. The van der Waals surface area contributed by atoms with E-state index in [4.69, 9.17) is 4.74 Å². The molecule has 3 aromatic carbocycles. The first-order chi connectivity index (χ1) is 19.1. The lowest BCUT2D eigenvalue weighted by molar-refractivity contribution is -0.127. The number of thioether (sulfide) groups is 1. The van der Waals surface area contributed by atoms with E-state index in [0.29, 0.717) is 29.1 Å². The number of nitrogens with one attached hydrogen (secondary N) is 2. The number of hydrogen-bond donors (Lipinski definition) is 2. The van der Waals surface area contributed by atoms with Crippen LogP contribution >= 0.6 is 11.8 Å². The summed E-state index contributed by atoms with van der Waals surface area (Å²) >= 11 is 0.663. The van der Waals surface area contributed by atoms with Gasteiger partial charge in [-0.25, -0.2) is 8.78 Å². The zero-order valence-electron chi connectivity index (χ0n) is 21.6. The molecule has 40 heavy (non-hydrogen) atoms. The fourth-order valence-electron chi connectivity index (χ4n) is 3.82. The van der Waals surface area contributed by atoms with E-state index in [9.17, 15) is 28.0 Å². The van der Waals surface area contributed by atoms with E-state index < -0.39 is 35.2 Å². The first-order valence-electron chi connectivity index (χ1n) is 12.2. The molecule has 0 saturated carbocycles. The van der Waals surface area contributed by atoms with Crippen molar-refractivity contribution in [1.29, 1.82) is 0 Å². The van der Waals surface area contributed by atoms with Crippen LogP contribution in [-0.2, 0) is 14.4 Å². The monoisotopic (exact) mass is 565 g/mol. The number of hydrogen-bond acceptors (Lipinski definition) is 6. The number of nitrogens with zero attached hydrogens (tertiary/aromatic N) is 1. The van der Waals surface area contributed by atoms with E-state index in [1.807, 2.05) is 38.1 Å². The lowest BCUT2D eigenvalue weighted by atomic mass is 10.0. The van der Waals surface area contributed by atoms with Gasteiger partial charge < -0.3 is 15.4 Å². The zero-order chi connectivity index (χ0) is 28.8. The van der Waals surface area contributed by atoms with Gasteiger partial charge in [-0.15, -0.1) is 0 Å². The third-order valence-electron chi connectivity index (χ3n) is 5.79. The Morgan fingerprint density at radius 1 is 0.950 bits per heavy atom. The molecule has 0 atom stereocenters. The van der Waals surface area contributed by atoms with Gasteiger partial charge in [0.2, 0.25) is 5.91 Å². The molecule has 0 aromatic heterocycles. The summed E-state index contributed by atoms with van der Waals surface area (Å²) in [5.41, 5.74) is 2.07. The van der Waals surface area contributed by atoms with Gasteiger partial charge in [0.25, 0.3) is 17.1 Å². The van der Waals surface area contributed by atoms with E-state index in [0.717, 1.165) is 28.3 Å². The normalized spacial score (nSPS) is 14.1. The Bertz CT molecular complexity index is 1490. The summed E-state index contributed by atoms with van der Waals surface area (Å²) in [5, 5.41) is 4.42. The summed E-state index contributed by atoms with van der Waals surface area (Å²) in [6.45, 7) is 3.25. The average molecular weight is 566 g/mol. The Kier molecular flexibility index (Phi) is 8.95. The third-order valence-corrected chi connectivity index (χ3v) is 6.69.